The highest BCUT2D eigenvalue weighted by Gasteiger charge is 2.29. The van der Waals surface area contributed by atoms with Gasteiger partial charge in [-0.05, 0) is 112 Å². The van der Waals surface area contributed by atoms with E-state index in [9.17, 15) is 22.8 Å². The number of anilines is 1. The van der Waals surface area contributed by atoms with Crippen molar-refractivity contribution in [2.24, 2.45) is 17.6 Å². The van der Waals surface area contributed by atoms with E-state index in [0.29, 0.717) is 29.1 Å². The van der Waals surface area contributed by atoms with Crippen LogP contribution in [0.5, 0.6) is 0 Å². The van der Waals surface area contributed by atoms with Crippen molar-refractivity contribution in [1.82, 2.24) is 20.2 Å². The third kappa shape index (κ3) is 7.75. The van der Waals surface area contributed by atoms with Crippen LogP contribution in [0, 0.1) is 18.8 Å². The lowest BCUT2D eigenvalue weighted by atomic mass is 9.81. The molecule has 0 spiro atoms. The Labute approximate surface area is 268 Å². The molecule has 0 unspecified atom stereocenters. The second-order valence-corrected chi connectivity index (χ2v) is 14.2. The van der Waals surface area contributed by atoms with E-state index in [-0.39, 0.29) is 40.6 Å². The smallest absolute Gasteiger partial charge is 0.271 e. The fraction of sp³-hybridized carbons (Fsp3) is 0.382. The highest BCUT2D eigenvalue weighted by atomic mass is 32.2. The molecule has 244 valence electrons. The minimum absolute atomic E-state index is 0.143. The summed E-state index contributed by atoms with van der Waals surface area (Å²) < 4.78 is 27.9. The number of nitrogens with one attached hydrogen (secondary N) is 5. The first-order chi connectivity index (χ1) is 21.9. The number of rotatable bonds is 11. The number of benzene rings is 3. The first-order valence-electron chi connectivity index (χ1n) is 15.7. The third-order valence-corrected chi connectivity index (χ3v) is 10.3. The van der Waals surface area contributed by atoms with Crippen LogP contribution in [0.15, 0.2) is 70.4 Å². The zero-order valence-electron chi connectivity index (χ0n) is 26.4. The number of carbonyl (C=O) groups is 2. The van der Waals surface area contributed by atoms with E-state index in [1.165, 1.54) is 0 Å². The number of aromatic amines is 2. The molecule has 0 saturated heterocycles. The quantitative estimate of drug-likeness (QED) is 0.144. The summed E-state index contributed by atoms with van der Waals surface area (Å²) in [4.78, 5) is 39.1. The normalized spacial score (nSPS) is 17.6. The van der Waals surface area contributed by atoms with E-state index in [1.54, 1.807) is 50.2 Å². The van der Waals surface area contributed by atoms with Gasteiger partial charge >= 0.3 is 0 Å². The van der Waals surface area contributed by atoms with Crippen molar-refractivity contribution in [3.8, 4) is 11.1 Å². The molecule has 5 rings (SSSR count). The number of fused-ring (bicyclic) bond motifs is 1. The minimum Gasteiger partial charge on any atom is -0.344 e. The molecule has 11 nitrogen and oxygen atoms in total. The molecule has 0 bridgehead atoms. The number of amides is 2. The van der Waals surface area contributed by atoms with Crippen LogP contribution >= 0.6 is 0 Å². The summed E-state index contributed by atoms with van der Waals surface area (Å²) in [5.41, 5.74) is 10.1. The van der Waals surface area contributed by atoms with Gasteiger partial charge in [-0.25, -0.2) is 13.1 Å². The van der Waals surface area contributed by atoms with Crippen LogP contribution < -0.4 is 26.6 Å². The molecule has 1 atom stereocenters. The molecule has 7 N–H and O–H groups in total. The molecule has 3 aromatic carbocycles. The van der Waals surface area contributed by atoms with Crippen molar-refractivity contribution in [2.45, 2.75) is 69.9 Å². The molecule has 0 aliphatic heterocycles. The third-order valence-electron chi connectivity index (χ3n) is 8.63. The monoisotopic (exact) mass is 646 g/mol. The number of aromatic nitrogens is 2. The number of H-pyrrole nitrogens is 2. The van der Waals surface area contributed by atoms with Gasteiger partial charge in [0.15, 0.2) is 0 Å². The topological polar surface area (TPSA) is 179 Å². The summed E-state index contributed by atoms with van der Waals surface area (Å²) in [7, 11) is -3.61. The lowest BCUT2D eigenvalue weighted by Gasteiger charge is -2.28. The number of hydrogen-bond donors (Lipinski definition) is 6. The van der Waals surface area contributed by atoms with Gasteiger partial charge in [0.25, 0.3) is 5.56 Å². The van der Waals surface area contributed by atoms with Gasteiger partial charge in [-0.1, -0.05) is 30.3 Å². The lowest BCUT2D eigenvalue weighted by molar-refractivity contribution is -0.130. The van der Waals surface area contributed by atoms with Gasteiger partial charge < -0.3 is 16.4 Å². The van der Waals surface area contributed by atoms with Gasteiger partial charge in [-0.15, -0.1) is 0 Å². The summed E-state index contributed by atoms with van der Waals surface area (Å²) in [6.07, 6.45) is 3.52. The van der Waals surface area contributed by atoms with Crippen LogP contribution in [0.25, 0.3) is 22.0 Å². The van der Waals surface area contributed by atoms with Gasteiger partial charge in [-0.3, -0.25) is 24.6 Å². The molecule has 1 saturated carbocycles. The molecule has 1 heterocycles. The Morgan fingerprint density at radius 1 is 0.957 bits per heavy atom. The lowest BCUT2D eigenvalue weighted by Crippen LogP contribution is -2.48. The summed E-state index contributed by atoms with van der Waals surface area (Å²) in [6.45, 7) is 6.04. The summed E-state index contributed by atoms with van der Waals surface area (Å²) in [5.74, 6) is -0.257. The molecule has 1 aromatic heterocycles. The van der Waals surface area contributed by atoms with E-state index in [4.69, 9.17) is 5.73 Å². The molecule has 12 heteroatoms. The fourth-order valence-electron chi connectivity index (χ4n) is 6.07. The van der Waals surface area contributed by atoms with Gasteiger partial charge in [0.05, 0.1) is 15.8 Å². The van der Waals surface area contributed by atoms with Gasteiger partial charge in [-0.2, -0.15) is 0 Å². The molecular formula is C34H42N6O5S. The molecule has 1 aliphatic carbocycles. The Hall–Kier alpha value is -4.26. The molecule has 1 fully saturated rings. The van der Waals surface area contributed by atoms with Crippen molar-refractivity contribution < 1.29 is 18.0 Å². The number of hydrogen-bond acceptors (Lipinski definition) is 6. The second kappa shape index (κ2) is 14.0. The number of sulfonamides is 1. The standard InChI is InChI=1S/C34H42N6O5S/c1-20(2)40-46(44,45)27-13-15-28(21(3)16-27)24-8-4-22(5-9-24)17-31(37-32(41)25-10-6-23(19-35)7-11-25)34(43)36-26-12-14-29-30(18-26)38-39-33(29)42/h4-5,8-9,12-16,18,20,23,25,31,40H,6-7,10-11,17,19,35H2,1-3H3,(H,36,43)(H,37,41)(H2,38,39,42)/t23?,25?,31-/m0/s1. The first-order valence-corrected chi connectivity index (χ1v) is 17.2. The van der Waals surface area contributed by atoms with E-state index in [0.717, 1.165) is 47.9 Å². The Bertz CT molecular complexity index is 1870. The Morgan fingerprint density at radius 2 is 1.67 bits per heavy atom. The van der Waals surface area contributed by atoms with E-state index in [2.05, 4.69) is 25.6 Å². The largest absolute Gasteiger partial charge is 0.344 e. The van der Waals surface area contributed by atoms with E-state index < -0.39 is 16.1 Å². The average molecular weight is 647 g/mol. The Morgan fingerprint density at radius 3 is 2.33 bits per heavy atom. The fourth-order valence-corrected chi connectivity index (χ4v) is 7.40. The molecule has 46 heavy (non-hydrogen) atoms. The molecular weight excluding hydrogens is 604 g/mol. The van der Waals surface area contributed by atoms with Crippen molar-refractivity contribution in [1.29, 1.82) is 0 Å². The summed E-state index contributed by atoms with van der Waals surface area (Å²) in [6, 6.07) is 16.6. The maximum absolute atomic E-state index is 13.6. The van der Waals surface area contributed by atoms with Crippen LogP contribution in [-0.2, 0) is 26.0 Å². The van der Waals surface area contributed by atoms with Crippen molar-refractivity contribution >= 4 is 38.4 Å². The van der Waals surface area contributed by atoms with Gasteiger partial charge in [0.2, 0.25) is 21.8 Å². The maximum Gasteiger partial charge on any atom is 0.271 e. The molecule has 1 aliphatic rings. The molecule has 2 amide bonds. The van der Waals surface area contributed by atoms with E-state index >= 15 is 0 Å². The molecule has 0 radical (unpaired) electrons. The van der Waals surface area contributed by atoms with Crippen molar-refractivity contribution in [3.05, 3.63) is 82.1 Å². The zero-order chi connectivity index (χ0) is 33.0. The SMILES string of the molecule is Cc1cc(S(=O)(=O)NC(C)C)ccc1-c1ccc(C[C@H](NC(=O)C2CCC(CN)CC2)C(=O)Nc2ccc3c(=O)[nH][nH]c3c2)cc1. The van der Waals surface area contributed by atoms with Crippen LogP contribution in [0.4, 0.5) is 5.69 Å². The highest BCUT2D eigenvalue weighted by Crippen LogP contribution is 2.29. The van der Waals surface area contributed by atoms with Crippen LogP contribution in [-0.4, -0.2) is 49.1 Å². The summed E-state index contributed by atoms with van der Waals surface area (Å²) >= 11 is 0. The second-order valence-electron chi connectivity index (χ2n) is 12.5. The average Bonchev–Trinajstić information content (AvgIpc) is 3.40. The van der Waals surface area contributed by atoms with Crippen molar-refractivity contribution in [2.75, 3.05) is 11.9 Å². The van der Waals surface area contributed by atoms with Crippen LogP contribution in [0.2, 0.25) is 0 Å². The highest BCUT2D eigenvalue weighted by molar-refractivity contribution is 7.89. The first kappa shape index (κ1) is 33.1. The predicted molar refractivity (Wildman–Crippen MR) is 180 cm³/mol. The van der Waals surface area contributed by atoms with Crippen LogP contribution in [0.3, 0.4) is 0 Å². The van der Waals surface area contributed by atoms with Crippen LogP contribution in [0.1, 0.15) is 50.7 Å². The molecule has 4 aromatic rings. The van der Waals surface area contributed by atoms with Gasteiger partial charge in [0, 0.05) is 24.1 Å². The number of carbonyl (C=O) groups excluding carboxylic acids is 2. The number of nitrogens with two attached hydrogens (primary N) is 1. The Kier molecular flexibility index (Phi) is 10.1. The zero-order valence-corrected chi connectivity index (χ0v) is 27.2. The maximum atomic E-state index is 13.6. The minimum atomic E-state index is -3.61. The summed E-state index contributed by atoms with van der Waals surface area (Å²) in [5, 5.41) is 11.7. The predicted octanol–water partition coefficient (Wildman–Crippen LogP) is 3.95. The Balaban J connectivity index is 1.34. The van der Waals surface area contributed by atoms with Crippen molar-refractivity contribution in [3.63, 3.8) is 0 Å². The number of aryl methyl sites for hydroxylation is 1. The van der Waals surface area contributed by atoms with Gasteiger partial charge in [0.1, 0.15) is 6.04 Å². The van der Waals surface area contributed by atoms with E-state index in [1.807, 2.05) is 31.2 Å².